The van der Waals surface area contributed by atoms with E-state index in [2.05, 4.69) is 22.0 Å². The quantitative estimate of drug-likeness (QED) is 0.768. The van der Waals surface area contributed by atoms with E-state index in [0.717, 1.165) is 26.2 Å². The molecular weight excluding hydrogens is 208 g/mol. The van der Waals surface area contributed by atoms with Gasteiger partial charge in [0.05, 0.1) is 0 Å². The van der Waals surface area contributed by atoms with Gasteiger partial charge in [-0.15, -0.1) is 0 Å². The topological polar surface area (TPSA) is 32.3 Å². The fourth-order valence-corrected chi connectivity index (χ4v) is 3.53. The molecule has 1 unspecified atom stereocenters. The third-order valence-electron chi connectivity index (χ3n) is 3.12. The Hall–Kier alpha value is -0.220. The summed E-state index contributed by atoms with van der Waals surface area (Å²) >= 11 is 2.05. The Kier molecular flexibility index (Phi) is 4.32. The lowest BCUT2D eigenvalue weighted by Crippen LogP contribution is -2.38. The zero-order valence-electron chi connectivity index (χ0n) is 9.21. The molecule has 2 rings (SSSR count). The Morgan fingerprint density at radius 2 is 2.33 bits per heavy atom. The van der Waals surface area contributed by atoms with Crippen molar-refractivity contribution in [1.82, 2.24) is 10.2 Å². The molecule has 3 nitrogen and oxygen atoms in total. The van der Waals surface area contributed by atoms with Crippen LogP contribution in [0.5, 0.6) is 0 Å². The molecule has 0 spiro atoms. The van der Waals surface area contributed by atoms with Crippen LogP contribution in [0.2, 0.25) is 0 Å². The molecule has 0 saturated carbocycles. The van der Waals surface area contributed by atoms with E-state index in [9.17, 15) is 4.79 Å². The van der Waals surface area contributed by atoms with Crippen molar-refractivity contribution in [2.75, 3.05) is 31.9 Å². The van der Waals surface area contributed by atoms with Crippen LogP contribution in [-0.4, -0.2) is 48.0 Å². The predicted octanol–water partition coefficient (Wildman–Crippen LogP) is 1.09. The minimum absolute atomic E-state index is 0.339. The van der Waals surface area contributed by atoms with Crippen molar-refractivity contribution in [1.29, 1.82) is 0 Å². The lowest BCUT2D eigenvalue weighted by atomic mass is 10.2. The lowest BCUT2D eigenvalue weighted by Gasteiger charge is -2.28. The van der Waals surface area contributed by atoms with Gasteiger partial charge in [0.1, 0.15) is 0 Å². The standard InChI is InChI=1S/C11H20N2OS/c14-11-4-5-12-6-7-13(11)9-10-3-1-2-8-15-10/h10,12H,1-9H2. The molecule has 0 aromatic rings. The van der Waals surface area contributed by atoms with Crippen molar-refractivity contribution < 1.29 is 4.79 Å². The summed E-state index contributed by atoms with van der Waals surface area (Å²) in [6.45, 7) is 3.69. The van der Waals surface area contributed by atoms with Crippen molar-refractivity contribution in [3.05, 3.63) is 0 Å². The molecular formula is C11H20N2OS. The SMILES string of the molecule is O=C1CCNCCN1CC1CCCCS1. The Labute approximate surface area is 96.0 Å². The minimum atomic E-state index is 0.339. The molecule has 2 fully saturated rings. The van der Waals surface area contributed by atoms with Crippen LogP contribution in [0.4, 0.5) is 0 Å². The summed E-state index contributed by atoms with van der Waals surface area (Å²) in [5, 5.41) is 3.97. The maximum atomic E-state index is 11.8. The normalized spacial score (nSPS) is 28.9. The van der Waals surface area contributed by atoms with Gasteiger partial charge in [-0.05, 0) is 18.6 Å². The van der Waals surface area contributed by atoms with Crippen LogP contribution in [-0.2, 0) is 4.79 Å². The van der Waals surface area contributed by atoms with Gasteiger partial charge >= 0.3 is 0 Å². The zero-order chi connectivity index (χ0) is 10.5. The van der Waals surface area contributed by atoms with Gasteiger partial charge in [0.15, 0.2) is 0 Å². The number of nitrogens with zero attached hydrogens (tertiary/aromatic N) is 1. The Morgan fingerprint density at radius 1 is 1.40 bits per heavy atom. The highest BCUT2D eigenvalue weighted by Gasteiger charge is 2.21. The first-order valence-electron chi connectivity index (χ1n) is 5.96. The molecule has 0 aromatic carbocycles. The number of thioether (sulfide) groups is 1. The second kappa shape index (κ2) is 5.75. The second-order valence-corrected chi connectivity index (χ2v) is 5.74. The van der Waals surface area contributed by atoms with Gasteiger partial charge in [-0.3, -0.25) is 4.79 Å². The molecule has 1 amide bonds. The molecule has 2 saturated heterocycles. The van der Waals surface area contributed by atoms with Crippen LogP contribution in [0.3, 0.4) is 0 Å². The Morgan fingerprint density at radius 3 is 3.13 bits per heavy atom. The largest absolute Gasteiger partial charge is 0.340 e. The Bertz CT molecular complexity index is 217. The zero-order valence-corrected chi connectivity index (χ0v) is 10.0. The van der Waals surface area contributed by atoms with Crippen LogP contribution >= 0.6 is 11.8 Å². The Balaban J connectivity index is 1.82. The lowest BCUT2D eigenvalue weighted by molar-refractivity contribution is -0.130. The summed E-state index contributed by atoms with van der Waals surface area (Å²) in [7, 11) is 0. The van der Waals surface area contributed by atoms with E-state index in [0.29, 0.717) is 17.6 Å². The molecule has 0 radical (unpaired) electrons. The molecule has 2 aliphatic rings. The molecule has 0 bridgehead atoms. The van der Waals surface area contributed by atoms with Gasteiger partial charge in [0, 0.05) is 37.8 Å². The highest BCUT2D eigenvalue weighted by atomic mass is 32.2. The van der Waals surface area contributed by atoms with Crippen molar-refractivity contribution >= 4 is 17.7 Å². The van der Waals surface area contributed by atoms with Gasteiger partial charge in [0.2, 0.25) is 5.91 Å². The summed E-state index contributed by atoms with van der Waals surface area (Å²) in [6.07, 6.45) is 4.67. The van der Waals surface area contributed by atoms with E-state index in [4.69, 9.17) is 0 Å². The fourth-order valence-electron chi connectivity index (χ4n) is 2.21. The maximum Gasteiger partial charge on any atom is 0.223 e. The average Bonchev–Trinajstić information content (AvgIpc) is 2.46. The van der Waals surface area contributed by atoms with Crippen molar-refractivity contribution in [3.63, 3.8) is 0 Å². The summed E-state index contributed by atoms with van der Waals surface area (Å²) < 4.78 is 0. The molecule has 0 aromatic heterocycles. The molecule has 1 N–H and O–H groups in total. The van der Waals surface area contributed by atoms with Gasteiger partial charge < -0.3 is 10.2 Å². The van der Waals surface area contributed by atoms with Crippen LogP contribution in [0, 0.1) is 0 Å². The van der Waals surface area contributed by atoms with Crippen LogP contribution < -0.4 is 5.32 Å². The van der Waals surface area contributed by atoms with Crippen molar-refractivity contribution in [3.8, 4) is 0 Å². The molecule has 0 aliphatic carbocycles. The molecule has 86 valence electrons. The first-order valence-corrected chi connectivity index (χ1v) is 7.01. The maximum absolute atomic E-state index is 11.8. The summed E-state index contributed by atoms with van der Waals surface area (Å²) in [4.78, 5) is 13.8. The van der Waals surface area contributed by atoms with E-state index in [1.54, 1.807) is 0 Å². The highest BCUT2D eigenvalue weighted by Crippen LogP contribution is 2.25. The molecule has 2 aliphatic heterocycles. The summed E-state index contributed by atoms with van der Waals surface area (Å²) in [5.41, 5.74) is 0. The van der Waals surface area contributed by atoms with E-state index < -0.39 is 0 Å². The van der Waals surface area contributed by atoms with Crippen molar-refractivity contribution in [2.45, 2.75) is 30.9 Å². The predicted molar refractivity (Wildman–Crippen MR) is 64.2 cm³/mol. The first-order chi connectivity index (χ1) is 7.36. The van der Waals surface area contributed by atoms with E-state index in [1.165, 1.54) is 25.0 Å². The van der Waals surface area contributed by atoms with Crippen molar-refractivity contribution in [2.24, 2.45) is 0 Å². The van der Waals surface area contributed by atoms with Gasteiger partial charge in [-0.2, -0.15) is 11.8 Å². The third kappa shape index (κ3) is 3.38. The molecule has 15 heavy (non-hydrogen) atoms. The van der Waals surface area contributed by atoms with Crippen LogP contribution in [0.1, 0.15) is 25.7 Å². The number of nitrogens with one attached hydrogen (secondary N) is 1. The van der Waals surface area contributed by atoms with Gasteiger partial charge in [-0.25, -0.2) is 0 Å². The van der Waals surface area contributed by atoms with E-state index in [1.807, 2.05) is 0 Å². The first kappa shape index (κ1) is 11.3. The molecule has 4 heteroatoms. The number of carbonyl (C=O) groups is 1. The summed E-state index contributed by atoms with van der Waals surface area (Å²) in [6, 6.07) is 0. The van der Waals surface area contributed by atoms with Crippen LogP contribution in [0.15, 0.2) is 0 Å². The monoisotopic (exact) mass is 228 g/mol. The van der Waals surface area contributed by atoms with Gasteiger partial charge in [0.25, 0.3) is 0 Å². The highest BCUT2D eigenvalue weighted by molar-refractivity contribution is 7.99. The number of carbonyl (C=O) groups excluding carboxylic acids is 1. The second-order valence-electron chi connectivity index (χ2n) is 4.33. The molecule has 1 atom stereocenters. The average molecular weight is 228 g/mol. The number of rotatable bonds is 2. The smallest absolute Gasteiger partial charge is 0.223 e. The molecule has 2 heterocycles. The van der Waals surface area contributed by atoms with Gasteiger partial charge in [-0.1, -0.05) is 6.42 Å². The van der Waals surface area contributed by atoms with E-state index >= 15 is 0 Å². The fraction of sp³-hybridized carbons (Fsp3) is 0.909. The number of hydrogen-bond acceptors (Lipinski definition) is 3. The minimum Gasteiger partial charge on any atom is -0.340 e. The summed E-state index contributed by atoms with van der Waals surface area (Å²) in [5.74, 6) is 1.62. The number of amides is 1. The van der Waals surface area contributed by atoms with Crippen LogP contribution in [0.25, 0.3) is 0 Å². The number of hydrogen-bond donors (Lipinski definition) is 1. The third-order valence-corrected chi connectivity index (χ3v) is 4.51. The van der Waals surface area contributed by atoms with E-state index in [-0.39, 0.29) is 0 Å².